The number of rotatable bonds is 2. The Morgan fingerprint density at radius 3 is 2.50 bits per heavy atom. The molecule has 0 radical (unpaired) electrons. The first-order valence-electron chi connectivity index (χ1n) is 8.16. The van der Waals surface area contributed by atoms with Crippen LogP contribution in [0.5, 0.6) is 0 Å². The molecule has 1 aromatic heterocycles. The molecular weight excluding hydrogens is 300 g/mol. The maximum Gasteiger partial charge on any atom is 0.253 e. The Balaban J connectivity index is 1.92. The second-order valence-electron chi connectivity index (χ2n) is 6.63. The van der Waals surface area contributed by atoms with Crippen LogP contribution in [0, 0.1) is 0 Å². The average molecular weight is 324 g/mol. The summed E-state index contributed by atoms with van der Waals surface area (Å²) < 4.78 is 0. The lowest BCUT2D eigenvalue weighted by Crippen LogP contribution is -2.26. The lowest BCUT2D eigenvalue weighted by molar-refractivity contribution is 0.0827. The summed E-state index contributed by atoms with van der Waals surface area (Å²) in [4.78, 5) is 22.8. The molecule has 2 aromatic rings. The fraction of sp³-hybridized carbons (Fsp3) is 0.368. The largest absolute Gasteiger partial charge is 0.372 e. The SMILES string of the molecule is CN1CCN(C)c2cnc(-c3ccc(C(=O)N(C)C)cc3)cc2C1. The predicted octanol–water partition coefficient (Wildman–Crippen LogP) is 2.33. The van der Waals surface area contributed by atoms with Gasteiger partial charge in [0.1, 0.15) is 0 Å². The molecule has 0 N–H and O–H groups in total. The highest BCUT2D eigenvalue weighted by atomic mass is 16.2. The minimum absolute atomic E-state index is 0.0136. The van der Waals surface area contributed by atoms with Crippen molar-refractivity contribution in [2.45, 2.75) is 6.54 Å². The van der Waals surface area contributed by atoms with E-state index in [2.05, 4.69) is 34.9 Å². The zero-order valence-corrected chi connectivity index (χ0v) is 14.8. The van der Waals surface area contributed by atoms with E-state index in [0.29, 0.717) is 5.56 Å². The van der Waals surface area contributed by atoms with E-state index in [4.69, 9.17) is 0 Å². The van der Waals surface area contributed by atoms with Gasteiger partial charge in [-0.05, 0) is 30.8 Å². The van der Waals surface area contributed by atoms with E-state index in [1.54, 1.807) is 19.0 Å². The Morgan fingerprint density at radius 2 is 1.83 bits per heavy atom. The second-order valence-corrected chi connectivity index (χ2v) is 6.63. The van der Waals surface area contributed by atoms with Crippen molar-refractivity contribution in [2.75, 3.05) is 46.2 Å². The van der Waals surface area contributed by atoms with E-state index in [1.165, 1.54) is 11.3 Å². The third kappa shape index (κ3) is 3.26. The number of pyridine rings is 1. The number of carbonyl (C=O) groups is 1. The lowest BCUT2D eigenvalue weighted by atomic mass is 10.1. The van der Waals surface area contributed by atoms with Gasteiger partial charge in [-0.1, -0.05) is 12.1 Å². The van der Waals surface area contributed by atoms with Gasteiger partial charge < -0.3 is 14.7 Å². The second kappa shape index (κ2) is 6.61. The first-order chi connectivity index (χ1) is 11.5. The summed E-state index contributed by atoms with van der Waals surface area (Å²) in [6, 6.07) is 9.83. The summed E-state index contributed by atoms with van der Waals surface area (Å²) in [5.74, 6) is 0.0136. The van der Waals surface area contributed by atoms with Crippen LogP contribution in [0.2, 0.25) is 0 Å². The van der Waals surface area contributed by atoms with Crippen molar-refractivity contribution >= 4 is 11.6 Å². The van der Waals surface area contributed by atoms with Crippen molar-refractivity contribution in [3.63, 3.8) is 0 Å². The van der Waals surface area contributed by atoms with E-state index in [1.807, 2.05) is 30.5 Å². The minimum atomic E-state index is 0.0136. The number of nitrogens with zero attached hydrogens (tertiary/aromatic N) is 4. The Kier molecular flexibility index (Phi) is 4.53. The summed E-state index contributed by atoms with van der Waals surface area (Å²) in [5.41, 5.74) is 5.15. The maximum atomic E-state index is 12.0. The summed E-state index contributed by atoms with van der Waals surface area (Å²) in [6.07, 6.45) is 1.96. The number of benzene rings is 1. The van der Waals surface area contributed by atoms with Crippen molar-refractivity contribution in [1.82, 2.24) is 14.8 Å². The summed E-state index contributed by atoms with van der Waals surface area (Å²) in [6.45, 7) is 2.97. The van der Waals surface area contributed by atoms with Crippen LogP contribution in [-0.2, 0) is 6.54 Å². The highest BCUT2D eigenvalue weighted by Gasteiger charge is 2.17. The van der Waals surface area contributed by atoms with Crippen molar-refractivity contribution in [2.24, 2.45) is 0 Å². The molecule has 1 aliphatic heterocycles. The molecule has 0 aliphatic carbocycles. The van der Waals surface area contributed by atoms with Gasteiger partial charge in [0.2, 0.25) is 0 Å². The number of carbonyl (C=O) groups excluding carboxylic acids is 1. The predicted molar refractivity (Wildman–Crippen MR) is 97.3 cm³/mol. The van der Waals surface area contributed by atoms with Crippen LogP contribution in [0.25, 0.3) is 11.3 Å². The standard InChI is InChI=1S/C19H24N4O/c1-21(2)19(24)15-7-5-14(6-8-15)17-11-16-13-22(3)9-10-23(4)18(16)12-20-17/h5-8,11-12H,9-10,13H2,1-4H3. The molecule has 0 saturated carbocycles. The minimum Gasteiger partial charge on any atom is -0.372 e. The van der Waals surface area contributed by atoms with E-state index >= 15 is 0 Å². The van der Waals surface area contributed by atoms with E-state index in [-0.39, 0.29) is 5.91 Å². The number of likely N-dealkylation sites (N-methyl/N-ethyl adjacent to an activating group) is 2. The molecule has 2 heterocycles. The molecule has 3 rings (SSSR count). The number of fused-ring (bicyclic) bond motifs is 1. The van der Waals surface area contributed by atoms with E-state index < -0.39 is 0 Å². The van der Waals surface area contributed by atoms with E-state index in [9.17, 15) is 4.79 Å². The molecule has 1 aromatic carbocycles. The number of anilines is 1. The topological polar surface area (TPSA) is 39.7 Å². The molecule has 5 nitrogen and oxygen atoms in total. The first kappa shape index (κ1) is 16.5. The Hall–Kier alpha value is -2.40. The molecule has 0 bridgehead atoms. The van der Waals surface area contributed by atoms with Gasteiger partial charge in [-0.3, -0.25) is 9.78 Å². The van der Waals surface area contributed by atoms with Gasteiger partial charge in [-0.2, -0.15) is 0 Å². The number of aromatic nitrogens is 1. The average Bonchev–Trinajstić information content (AvgIpc) is 2.72. The molecule has 0 unspecified atom stereocenters. The van der Waals surface area contributed by atoms with Gasteiger partial charge in [0, 0.05) is 51.9 Å². The molecule has 126 valence electrons. The maximum absolute atomic E-state index is 12.0. The normalized spacial score (nSPS) is 14.9. The first-order valence-corrected chi connectivity index (χ1v) is 8.16. The third-order valence-corrected chi connectivity index (χ3v) is 4.47. The zero-order valence-electron chi connectivity index (χ0n) is 14.8. The molecule has 24 heavy (non-hydrogen) atoms. The number of hydrogen-bond acceptors (Lipinski definition) is 4. The quantitative estimate of drug-likeness (QED) is 0.850. The number of amides is 1. The van der Waals surface area contributed by atoms with Gasteiger partial charge >= 0.3 is 0 Å². The van der Waals surface area contributed by atoms with Crippen molar-refractivity contribution in [1.29, 1.82) is 0 Å². The monoisotopic (exact) mass is 324 g/mol. The summed E-state index contributed by atoms with van der Waals surface area (Å²) in [5, 5.41) is 0. The molecule has 0 saturated heterocycles. The lowest BCUT2D eigenvalue weighted by Gasteiger charge is -2.18. The molecule has 1 amide bonds. The summed E-state index contributed by atoms with van der Waals surface area (Å²) in [7, 11) is 7.78. The van der Waals surface area contributed by atoms with Crippen LogP contribution in [0.15, 0.2) is 36.5 Å². The molecule has 5 heteroatoms. The van der Waals surface area contributed by atoms with Gasteiger partial charge in [-0.15, -0.1) is 0 Å². The van der Waals surface area contributed by atoms with Crippen molar-refractivity contribution in [3.8, 4) is 11.3 Å². The van der Waals surface area contributed by atoms with Gasteiger partial charge in [0.15, 0.2) is 0 Å². The fourth-order valence-electron chi connectivity index (χ4n) is 2.97. The highest BCUT2D eigenvalue weighted by Crippen LogP contribution is 2.27. The molecule has 0 fully saturated rings. The van der Waals surface area contributed by atoms with Crippen LogP contribution in [-0.4, -0.2) is 62.0 Å². The van der Waals surface area contributed by atoms with Crippen molar-refractivity contribution in [3.05, 3.63) is 47.7 Å². The summed E-state index contributed by atoms with van der Waals surface area (Å²) >= 11 is 0. The van der Waals surface area contributed by atoms with Crippen LogP contribution < -0.4 is 4.90 Å². The van der Waals surface area contributed by atoms with Crippen LogP contribution in [0.3, 0.4) is 0 Å². The third-order valence-electron chi connectivity index (χ3n) is 4.47. The van der Waals surface area contributed by atoms with Crippen LogP contribution in [0.4, 0.5) is 5.69 Å². The Morgan fingerprint density at radius 1 is 1.12 bits per heavy atom. The molecular formula is C19H24N4O. The molecule has 0 atom stereocenters. The van der Waals surface area contributed by atoms with Crippen LogP contribution >= 0.6 is 0 Å². The van der Waals surface area contributed by atoms with Gasteiger partial charge in [0.05, 0.1) is 17.6 Å². The molecule has 1 aliphatic rings. The van der Waals surface area contributed by atoms with Crippen molar-refractivity contribution < 1.29 is 4.79 Å². The van der Waals surface area contributed by atoms with Gasteiger partial charge in [-0.25, -0.2) is 0 Å². The van der Waals surface area contributed by atoms with E-state index in [0.717, 1.165) is 30.9 Å². The smallest absolute Gasteiger partial charge is 0.253 e. The zero-order chi connectivity index (χ0) is 17.3. The van der Waals surface area contributed by atoms with Crippen LogP contribution in [0.1, 0.15) is 15.9 Å². The Labute approximate surface area is 143 Å². The Bertz CT molecular complexity index is 740. The molecule has 0 spiro atoms. The fourth-order valence-corrected chi connectivity index (χ4v) is 2.97. The van der Waals surface area contributed by atoms with Gasteiger partial charge in [0.25, 0.3) is 5.91 Å². The highest BCUT2D eigenvalue weighted by molar-refractivity contribution is 5.94. The number of hydrogen-bond donors (Lipinski definition) is 0.